The summed E-state index contributed by atoms with van der Waals surface area (Å²) >= 11 is 5.62. The third-order valence-corrected chi connectivity index (χ3v) is 3.65. The van der Waals surface area contributed by atoms with Crippen molar-refractivity contribution in [2.75, 3.05) is 13.2 Å². The molecule has 2 rings (SSSR count). The minimum atomic E-state index is -0.925. The predicted molar refractivity (Wildman–Crippen MR) is 73.9 cm³/mol. The van der Waals surface area contributed by atoms with Gasteiger partial charge in [0.2, 0.25) is 0 Å². The summed E-state index contributed by atoms with van der Waals surface area (Å²) in [6.07, 6.45) is 1.40. The number of ether oxygens (including phenoxy) is 1. The van der Waals surface area contributed by atoms with E-state index in [1.807, 2.05) is 0 Å². The number of carbonyl (C=O) groups excluding carboxylic acids is 1. The van der Waals surface area contributed by atoms with Crippen molar-refractivity contribution < 1.29 is 23.8 Å². The van der Waals surface area contributed by atoms with E-state index < -0.39 is 11.8 Å². The molecule has 0 aliphatic carbocycles. The molecule has 1 heterocycles. The van der Waals surface area contributed by atoms with Gasteiger partial charge in [-0.25, -0.2) is 4.39 Å². The van der Waals surface area contributed by atoms with Crippen LogP contribution in [0.4, 0.5) is 4.39 Å². The zero-order valence-corrected chi connectivity index (χ0v) is 12.0. The Balaban J connectivity index is 1.91. The first kappa shape index (κ1) is 15.6. The van der Waals surface area contributed by atoms with Gasteiger partial charge in [0, 0.05) is 18.7 Å². The van der Waals surface area contributed by atoms with Crippen molar-refractivity contribution in [2.24, 2.45) is 0 Å². The van der Waals surface area contributed by atoms with E-state index in [-0.39, 0.29) is 30.0 Å². The van der Waals surface area contributed by atoms with Crippen LogP contribution < -0.4 is 4.74 Å². The molecule has 0 aromatic heterocycles. The average molecular weight is 316 g/mol. The smallest absolute Gasteiger partial charge is 0.305 e. The second-order valence-corrected chi connectivity index (χ2v) is 5.25. The lowest BCUT2D eigenvalue weighted by molar-refractivity contribution is -0.140. The topological polar surface area (TPSA) is 66.8 Å². The molecule has 0 radical (unpaired) electrons. The monoisotopic (exact) mass is 315 g/mol. The molecule has 1 aliphatic rings. The van der Waals surface area contributed by atoms with Crippen molar-refractivity contribution in [1.82, 2.24) is 4.90 Å². The SMILES string of the molecule is O=C(O)CC1CCCN1C(=O)COc1ccc(F)c(Cl)c1. The zero-order valence-electron chi connectivity index (χ0n) is 11.2. The van der Waals surface area contributed by atoms with Crippen LogP contribution in [0.1, 0.15) is 19.3 Å². The third-order valence-electron chi connectivity index (χ3n) is 3.36. The Hall–Kier alpha value is -1.82. The molecule has 0 spiro atoms. The standard InChI is InChI=1S/C14H15ClFNO4/c15-11-7-10(3-4-12(11)16)21-8-13(18)17-5-1-2-9(17)6-14(19)20/h3-4,7,9H,1-2,5-6,8H2,(H,19,20). The van der Waals surface area contributed by atoms with Gasteiger partial charge in [-0.3, -0.25) is 9.59 Å². The first-order chi connectivity index (χ1) is 9.97. The molecule has 1 saturated heterocycles. The minimum Gasteiger partial charge on any atom is -0.484 e. The molecule has 1 aromatic rings. The maximum Gasteiger partial charge on any atom is 0.305 e. The molecule has 0 saturated carbocycles. The summed E-state index contributed by atoms with van der Waals surface area (Å²) in [6.45, 7) is 0.308. The quantitative estimate of drug-likeness (QED) is 0.905. The Morgan fingerprint density at radius 1 is 1.48 bits per heavy atom. The second-order valence-electron chi connectivity index (χ2n) is 4.85. The number of benzene rings is 1. The number of carbonyl (C=O) groups is 2. The number of halogens is 2. The lowest BCUT2D eigenvalue weighted by atomic mass is 10.1. The summed E-state index contributed by atoms with van der Waals surface area (Å²) in [5, 5.41) is 8.74. The van der Waals surface area contributed by atoms with Gasteiger partial charge in [-0.15, -0.1) is 0 Å². The van der Waals surface area contributed by atoms with E-state index in [0.29, 0.717) is 18.7 Å². The van der Waals surface area contributed by atoms with E-state index in [4.69, 9.17) is 21.4 Å². The molecule has 1 N–H and O–H groups in total. The van der Waals surface area contributed by atoms with Gasteiger partial charge in [0.1, 0.15) is 11.6 Å². The molecule has 1 amide bonds. The van der Waals surface area contributed by atoms with Crippen LogP contribution in [0.5, 0.6) is 5.75 Å². The first-order valence-corrected chi connectivity index (χ1v) is 6.94. The molecule has 1 unspecified atom stereocenters. The Labute approximate surface area is 126 Å². The Morgan fingerprint density at radius 3 is 2.90 bits per heavy atom. The maximum absolute atomic E-state index is 13.0. The fourth-order valence-corrected chi connectivity index (χ4v) is 2.54. The second kappa shape index (κ2) is 6.76. The molecule has 5 nitrogen and oxygen atoms in total. The maximum atomic E-state index is 13.0. The highest BCUT2D eigenvalue weighted by molar-refractivity contribution is 6.30. The van der Waals surface area contributed by atoms with Crippen LogP contribution in [0.2, 0.25) is 5.02 Å². The van der Waals surface area contributed by atoms with Crippen molar-refractivity contribution in [1.29, 1.82) is 0 Å². The van der Waals surface area contributed by atoms with Gasteiger partial charge in [-0.1, -0.05) is 11.6 Å². The number of aliphatic carboxylic acids is 1. The molecule has 1 aromatic carbocycles. The number of hydrogen-bond donors (Lipinski definition) is 1. The molecule has 1 atom stereocenters. The van der Waals surface area contributed by atoms with E-state index in [0.717, 1.165) is 12.5 Å². The van der Waals surface area contributed by atoms with Crippen LogP contribution >= 0.6 is 11.6 Å². The van der Waals surface area contributed by atoms with E-state index >= 15 is 0 Å². The Morgan fingerprint density at radius 2 is 2.24 bits per heavy atom. The number of likely N-dealkylation sites (tertiary alicyclic amines) is 1. The van der Waals surface area contributed by atoms with Gasteiger partial charge in [0.05, 0.1) is 11.4 Å². The molecule has 7 heteroatoms. The molecule has 1 fully saturated rings. The summed E-state index contributed by atoms with van der Waals surface area (Å²) in [5.74, 6) is -1.47. The minimum absolute atomic E-state index is 0.0614. The van der Waals surface area contributed by atoms with E-state index in [1.54, 1.807) is 0 Å². The molecular weight excluding hydrogens is 301 g/mol. The van der Waals surface area contributed by atoms with Crippen LogP contribution in [-0.4, -0.2) is 41.1 Å². The van der Waals surface area contributed by atoms with Crippen molar-refractivity contribution in [3.63, 3.8) is 0 Å². The zero-order chi connectivity index (χ0) is 15.4. The van der Waals surface area contributed by atoms with Gasteiger partial charge >= 0.3 is 5.97 Å². The van der Waals surface area contributed by atoms with E-state index in [9.17, 15) is 14.0 Å². The Bertz CT molecular complexity index is 552. The largest absolute Gasteiger partial charge is 0.484 e. The van der Waals surface area contributed by atoms with Crippen molar-refractivity contribution in [3.8, 4) is 5.75 Å². The van der Waals surface area contributed by atoms with Crippen molar-refractivity contribution in [2.45, 2.75) is 25.3 Å². The average Bonchev–Trinajstić information content (AvgIpc) is 2.87. The van der Waals surface area contributed by atoms with E-state index in [2.05, 4.69) is 0 Å². The molecule has 0 bridgehead atoms. The number of rotatable bonds is 5. The summed E-state index contributed by atoms with van der Waals surface area (Å²) in [7, 11) is 0. The normalized spacial score (nSPS) is 17.8. The van der Waals surface area contributed by atoms with Gasteiger partial charge in [-0.2, -0.15) is 0 Å². The first-order valence-electron chi connectivity index (χ1n) is 6.56. The third kappa shape index (κ3) is 4.07. The molecular formula is C14H15ClFNO4. The predicted octanol–water partition coefficient (Wildman–Crippen LogP) is 2.32. The number of carboxylic acids is 1. The molecule has 114 valence electrons. The van der Waals surface area contributed by atoms with Gasteiger partial charge in [0.15, 0.2) is 6.61 Å². The lowest BCUT2D eigenvalue weighted by Gasteiger charge is -2.23. The number of amides is 1. The number of carboxylic acid groups (broad SMARTS) is 1. The van der Waals surface area contributed by atoms with Crippen LogP contribution in [-0.2, 0) is 9.59 Å². The molecule has 21 heavy (non-hydrogen) atoms. The van der Waals surface area contributed by atoms with Crippen LogP contribution in [0, 0.1) is 5.82 Å². The summed E-state index contributed by atoms with van der Waals surface area (Å²) < 4.78 is 18.3. The summed E-state index contributed by atoms with van der Waals surface area (Å²) in [6, 6.07) is 3.55. The summed E-state index contributed by atoms with van der Waals surface area (Å²) in [5.41, 5.74) is 0. The Kier molecular flexibility index (Phi) is 5.01. The van der Waals surface area contributed by atoms with Gasteiger partial charge in [-0.05, 0) is 25.0 Å². The fourth-order valence-electron chi connectivity index (χ4n) is 2.37. The fraction of sp³-hybridized carbons (Fsp3) is 0.429. The van der Waals surface area contributed by atoms with Crippen molar-refractivity contribution >= 4 is 23.5 Å². The van der Waals surface area contributed by atoms with E-state index in [1.165, 1.54) is 17.0 Å². The molecule has 1 aliphatic heterocycles. The highest BCUT2D eigenvalue weighted by Crippen LogP contribution is 2.23. The highest BCUT2D eigenvalue weighted by Gasteiger charge is 2.30. The lowest BCUT2D eigenvalue weighted by Crippen LogP contribution is -2.39. The number of nitrogens with zero attached hydrogens (tertiary/aromatic N) is 1. The van der Waals surface area contributed by atoms with Crippen molar-refractivity contribution in [3.05, 3.63) is 29.0 Å². The van der Waals surface area contributed by atoms with Crippen LogP contribution in [0.25, 0.3) is 0 Å². The van der Waals surface area contributed by atoms with Gasteiger partial charge < -0.3 is 14.7 Å². The van der Waals surface area contributed by atoms with Crippen LogP contribution in [0.3, 0.4) is 0 Å². The summed E-state index contributed by atoms with van der Waals surface area (Å²) in [4.78, 5) is 24.3. The van der Waals surface area contributed by atoms with Crippen LogP contribution in [0.15, 0.2) is 18.2 Å². The highest BCUT2D eigenvalue weighted by atomic mass is 35.5. The number of hydrogen-bond acceptors (Lipinski definition) is 3. The van der Waals surface area contributed by atoms with Gasteiger partial charge in [0.25, 0.3) is 5.91 Å².